The number of ether oxygens (including phenoxy) is 3. The first kappa shape index (κ1) is 22.2. The third-order valence-electron chi connectivity index (χ3n) is 5.29. The number of benzene rings is 3. The molecule has 2 atom stereocenters. The minimum atomic E-state index is -0.782. The van der Waals surface area contributed by atoms with Crippen LogP contribution in [0.5, 0.6) is 17.2 Å². The Labute approximate surface area is 192 Å². The van der Waals surface area contributed by atoms with E-state index in [1.54, 1.807) is 19.2 Å². The van der Waals surface area contributed by atoms with Crippen molar-refractivity contribution >= 4 is 11.8 Å². The van der Waals surface area contributed by atoms with Gasteiger partial charge in [-0.3, -0.25) is 9.59 Å². The van der Waals surface area contributed by atoms with Crippen molar-refractivity contribution in [1.29, 1.82) is 0 Å². The van der Waals surface area contributed by atoms with Crippen LogP contribution >= 0.6 is 0 Å². The van der Waals surface area contributed by atoms with E-state index < -0.39 is 12.3 Å². The van der Waals surface area contributed by atoms with E-state index in [4.69, 9.17) is 14.2 Å². The molecule has 7 nitrogen and oxygen atoms in total. The predicted octanol–water partition coefficient (Wildman–Crippen LogP) is 2.88. The Morgan fingerprint density at radius 3 is 2.45 bits per heavy atom. The molecule has 170 valence electrons. The van der Waals surface area contributed by atoms with Gasteiger partial charge >= 0.3 is 0 Å². The second-order valence-corrected chi connectivity index (χ2v) is 7.67. The highest BCUT2D eigenvalue weighted by Gasteiger charge is 2.27. The highest BCUT2D eigenvalue weighted by molar-refractivity contribution is 5.89. The summed E-state index contributed by atoms with van der Waals surface area (Å²) in [6.07, 6.45) is -0.218. The molecule has 3 aromatic rings. The van der Waals surface area contributed by atoms with E-state index >= 15 is 0 Å². The number of amides is 2. The number of rotatable bonds is 8. The Kier molecular flexibility index (Phi) is 7.09. The molecule has 0 radical (unpaired) electrons. The van der Waals surface area contributed by atoms with Crippen molar-refractivity contribution in [2.45, 2.75) is 25.1 Å². The fraction of sp³-hybridized carbons (Fsp3) is 0.231. The smallest absolute Gasteiger partial charge is 0.245 e. The van der Waals surface area contributed by atoms with E-state index in [1.807, 2.05) is 66.7 Å². The molecule has 0 fully saturated rings. The van der Waals surface area contributed by atoms with Crippen molar-refractivity contribution in [3.05, 3.63) is 90.0 Å². The molecule has 2 N–H and O–H groups in total. The third kappa shape index (κ3) is 5.83. The van der Waals surface area contributed by atoms with E-state index in [9.17, 15) is 9.59 Å². The maximum absolute atomic E-state index is 13.2. The number of methoxy groups -OCH3 is 1. The van der Waals surface area contributed by atoms with Crippen molar-refractivity contribution in [2.75, 3.05) is 13.7 Å². The Bertz CT molecular complexity index is 1100. The largest absolute Gasteiger partial charge is 0.496 e. The number of hydrogen-bond acceptors (Lipinski definition) is 5. The van der Waals surface area contributed by atoms with Crippen molar-refractivity contribution in [3.63, 3.8) is 0 Å². The Hall–Kier alpha value is -4.00. The molecule has 7 heteroatoms. The summed E-state index contributed by atoms with van der Waals surface area (Å²) in [5, 5.41) is 5.72. The molecule has 0 aliphatic carbocycles. The Morgan fingerprint density at radius 1 is 0.970 bits per heavy atom. The molecule has 1 aliphatic heterocycles. The van der Waals surface area contributed by atoms with Gasteiger partial charge in [-0.1, -0.05) is 60.7 Å². The molecule has 0 saturated heterocycles. The number of hydrogen-bond donors (Lipinski definition) is 2. The molecule has 33 heavy (non-hydrogen) atoms. The van der Waals surface area contributed by atoms with Crippen LogP contribution in [0.4, 0.5) is 0 Å². The van der Waals surface area contributed by atoms with Gasteiger partial charge in [0.2, 0.25) is 18.0 Å². The lowest BCUT2D eigenvalue weighted by Crippen LogP contribution is -2.54. The molecule has 4 rings (SSSR count). The van der Waals surface area contributed by atoms with Crippen LogP contribution in [0, 0.1) is 0 Å². The van der Waals surface area contributed by atoms with Crippen molar-refractivity contribution in [3.8, 4) is 17.2 Å². The summed E-state index contributed by atoms with van der Waals surface area (Å²) in [4.78, 5) is 26.0. The van der Waals surface area contributed by atoms with Crippen LogP contribution in [0.3, 0.4) is 0 Å². The number of carbonyl (C=O) groups excluding carboxylic acids is 2. The average Bonchev–Trinajstić information content (AvgIpc) is 2.84. The zero-order valence-corrected chi connectivity index (χ0v) is 18.3. The van der Waals surface area contributed by atoms with E-state index in [-0.39, 0.29) is 24.8 Å². The summed E-state index contributed by atoms with van der Waals surface area (Å²) in [6, 6.07) is 23.4. The minimum absolute atomic E-state index is 0.0962. The Balaban J connectivity index is 1.45. The standard InChI is InChI=1S/C26H26N2O5/c1-31-21-12-6-5-11-19(21)16-24(29)27-20(15-18-9-3-2-4-10-18)26(30)28-25-17-32-22-13-7-8-14-23(22)33-25/h2-14,20,25H,15-17H2,1H3,(H,27,29)(H,28,30). The lowest BCUT2D eigenvalue weighted by atomic mass is 10.0. The highest BCUT2D eigenvalue weighted by atomic mass is 16.6. The normalized spacial score (nSPS) is 15.2. The molecule has 1 aliphatic rings. The first-order valence-electron chi connectivity index (χ1n) is 10.8. The van der Waals surface area contributed by atoms with Crippen LogP contribution in [-0.4, -0.2) is 37.8 Å². The number of para-hydroxylation sites is 3. The maximum Gasteiger partial charge on any atom is 0.245 e. The first-order valence-corrected chi connectivity index (χ1v) is 10.8. The van der Waals surface area contributed by atoms with Gasteiger partial charge in [0.1, 0.15) is 18.4 Å². The van der Waals surface area contributed by atoms with Gasteiger partial charge < -0.3 is 24.8 Å². The van der Waals surface area contributed by atoms with Crippen molar-refractivity contribution < 1.29 is 23.8 Å². The van der Waals surface area contributed by atoms with E-state index in [2.05, 4.69) is 10.6 Å². The Morgan fingerprint density at radius 2 is 1.67 bits per heavy atom. The van der Waals surface area contributed by atoms with Gasteiger partial charge in [0.15, 0.2) is 11.5 Å². The number of carbonyl (C=O) groups is 2. The summed E-state index contributed by atoms with van der Waals surface area (Å²) in [5.74, 6) is 1.20. The van der Waals surface area contributed by atoms with E-state index in [0.29, 0.717) is 23.7 Å². The molecular weight excluding hydrogens is 420 g/mol. The fourth-order valence-corrected chi connectivity index (χ4v) is 3.68. The van der Waals surface area contributed by atoms with Gasteiger partial charge in [0.25, 0.3) is 0 Å². The first-order chi connectivity index (χ1) is 16.1. The molecular formula is C26H26N2O5. The van der Waals surface area contributed by atoms with Crippen molar-refractivity contribution in [2.24, 2.45) is 0 Å². The monoisotopic (exact) mass is 446 g/mol. The van der Waals surface area contributed by atoms with Crippen LogP contribution in [-0.2, 0) is 22.4 Å². The second-order valence-electron chi connectivity index (χ2n) is 7.67. The molecule has 2 unspecified atom stereocenters. The van der Waals surface area contributed by atoms with Crippen LogP contribution in [0.1, 0.15) is 11.1 Å². The van der Waals surface area contributed by atoms with Crippen LogP contribution in [0.15, 0.2) is 78.9 Å². The van der Waals surface area contributed by atoms with Crippen LogP contribution < -0.4 is 24.8 Å². The van der Waals surface area contributed by atoms with Crippen molar-refractivity contribution in [1.82, 2.24) is 10.6 Å². The summed E-state index contributed by atoms with van der Waals surface area (Å²) in [6.45, 7) is 0.177. The minimum Gasteiger partial charge on any atom is -0.496 e. The van der Waals surface area contributed by atoms with Gasteiger partial charge in [-0.05, 0) is 23.8 Å². The zero-order valence-electron chi connectivity index (χ0n) is 18.3. The van der Waals surface area contributed by atoms with Gasteiger partial charge in [0, 0.05) is 12.0 Å². The molecule has 2 amide bonds. The third-order valence-corrected chi connectivity index (χ3v) is 5.29. The van der Waals surface area contributed by atoms with Gasteiger partial charge in [-0.25, -0.2) is 0 Å². The maximum atomic E-state index is 13.2. The topological polar surface area (TPSA) is 85.9 Å². The van der Waals surface area contributed by atoms with E-state index in [0.717, 1.165) is 11.1 Å². The molecule has 3 aromatic carbocycles. The van der Waals surface area contributed by atoms with Gasteiger partial charge in [-0.2, -0.15) is 0 Å². The summed E-state index contributed by atoms with van der Waals surface area (Å²) >= 11 is 0. The summed E-state index contributed by atoms with van der Waals surface area (Å²) < 4.78 is 16.9. The lowest BCUT2D eigenvalue weighted by molar-refractivity contribution is -0.131. The van der Waals surface area contributed by atoms with Gasteiger partial charge in [0.05, 0.1) is 13.5 Å². The van der Waals surface area contributed by atoms with E-state index in [1.165, 1.54) is 0 Å². The SMILES string of the molecule is COc1ccccc1CC(=O)NC(Cc1ccccc1)C(=O)NC1COc2ccccc2O1. The predicted molar refractivity (Wildman–Crippen MR) is 123 cm³/mol. The van der Waals surface area contributed by atoms with Crippen LogP contribution in [0.2, 0.25) is 0 Å². The quantitative estimate of drug-likeness (QED) is 0.556. The number of fused-ring (bicyclic) bond motifs is 1. The molecule has 0 aromatic heterocycles. The zero-order chi connectivity index (χ0) is 23.0. The molecule has 0 saturated carbocycles. The second kappa shape index (κ2) is 10.5. The number of nitrogens with one attached hydrogen (secondary N) is 2. The lowest BCUT2D eigenvalue weighted by Gasteiger charge is -2.28. The summed E-state index contributed by atoms with van der Waals surface area (Å²) in [7, 11) is 1.56. The molecule has 0 spiro atoms. The molecule has 0 bridgehead atoms. The average molecular weight is 447 g/mol. The highest BCUT2D eigenvalue weighted by Crippen LogP contribution is 2.30. The summed E-state index contributed by atoms with van der Waals surface area (Å²) in [5.41, 5.74) is 1.68. The van der Waals surface area contributed by atoms with Crippen LogP contribution in [0.25, 0.3) is 0 Å². The molecule has 1 heterocycles. The van der Waals surface area contributed by atoms with Gasteiger partial charge in [-0.15, -0.1) is 0 Å². The fourth-order valence-electron chi connectivity index (χ4n) is 3.68.